The maximum atomic E-state index is 12.1. The minimum absolute atomic E-state index is 0.0125. The summed E-state index contributed by atoms with van der Waals surface area (Å²) >= 11 is 0. The molecule has 0 fully saturated rings. The first kappa shape index (κ1) is 18.3. The van der Waals surface area contributed by atoms with Gasteiger partial charge in [-0.15, -0.1) is 0 Å². The molecule has 1 amide bonds. The first-order valence-corrected chi connectivity index (χ1v) is 7.54. The molecule has 2 aromatic rings. The average Bonchev–Trinajstić information content (AvgIpc) is 2.63. The molecule has 0 spiro atoms. The Labute approximate surface area is 143 Å². The number of carbonyl (C=O) groups excluding carboxylic acids is 1. The van der Waals surface area contributed by atoms with Crippen LogP contribution in [0.15, 0.2) is 42.6 Å². The summed E-state index contributed by atoms with van der Waals surface area (Å²) in [6.07, 6.45) is 1.50. The number of nitro groups is 1. The molecule has 0 aliphatic rings. The van der Waals surface area contributed by atoms with Gasteiger partial charge in [0.1, 0.15) is 5.82 Å². The highest BCUT2D eigenvalue weighted by molar-refractivity contribution is 6.04. The summed E-state index contributed by atoms with van der Waals surface area (Å²) in [5.74, 6) is 0.246. The van der Waals surface area contributed by atoms with Crippen LogP contribution in [-0.4, -0.2) is 47.3 Å². The molecule has 25 heavy (non-hydrogen) atoms. The topological polar surface area (TPSA) is 127 Å². The maximum absolute atomic E-state index is 12.1. The van der Waals surface area contributed by atoms with Crippen molar-refractivity contribution in [2.45, 2.75) is 0 Å². The van der Waals surface area contributed by atoms with E-state index in [0.29, 0.717) is 36.8 Å². The van der Waals surface area contributed by atoms with Gasteiger partial charge < -0.3 is 20.5 Å². The first-order chi connectivity index (χ1) is 12.1. The van der Waals surface area contributed by atoms with E-state index < -0.39 is 4.92 Å². The van der Waals surface area contributed by atoms with Crippen molar-refractivity contribution in [2.75, 3.05) is 37.0 Å². The van der Waals surface area contributed by atoms with E-state index in [1.54, 1.807) is 12.1 Å². The summed E-state index contributed by atoms with van der Waals surface area (Å²) in [4.78, 5) is 26.3. The van der Waals surface area contributed by atoms with Gasteiger partial charge in [-0.25, -0.2) is 4.98 Å². The number of hydrogen-bond donors (Lipinski definition) is 3. The van der Waals surface area contributed by atoms with Crippen LogP contribution in [0, 0.1) is 10.1 Å². The number of ether oxygens (including phenoxy) is 1. The monoisotopic (exact) mass is 346 g/mol. The molecule has 2 rings (SSSR count). The van der Waals surface area contributed by atoms with Gasteiger partial charge in [-0.2, -0.15) is 0 Å². The van der Waals surface area contributed by atoms with Crippen molar-refractivity contribution < 1.29 is 19.6 Å². The Morgan fingerprint density at radius 3 is 2.56 bits per heavy atom. The van der Waals surface area contributed by atoms with Crippen LogP contribution in [-0.2, 0) is 4.74 Å². The molecule has 0 radical (unpaired) electrons. The molecule has 0 aliphatic carbocycles. The highest BCUT2D eigenvalue weighted by Crippen LogP contribution is 2.14. The molecular weight excluding hydrogens is 328 g/mol. The van der Waals surface area contributed by atoms with E-state index in [1.807, 2.05) is 0 Å². The second kappa shape index (κ2) is 9.30. The number of nitro benzene ring substituents is 1. The minimum Gasteiger partial charge on any atom is -0.394 e. The molecule has 0 unspecified atom stereocenters. The molecule has 1 heterocycles. The van der Waals surface area contributed by atoms with Crippen LogP contribution >= 0.6 is 0 Å². The molecule has 9 nitrogen and oxygen atoms in total. The standard InChI is InChI=1S/C16H18N4O5/c21-8-10-25-9-7-17-15-6-3-13(11-18-15)19-16(22)12-1-4-14(5-2-12)20(23)24/h1-6,11,21H,7-10H2,(H,17,18)(H,19,22). The summed E-state index contributed by atoms with van der Waals surface area (Å²) in [6, 6.07) is 8.73. The number of non-ortho nitro benzene ring substituents is 1. The third-order valence-corrected chi connectivity index (χ3v) is 3.15. The number of hydrogen-bond acceptors (Lipinski definition) is 7. The third kappa shape index (κ3) is 5.83. The van der Waals surface area contributed by atoms with Gasteiger partial charge in [0, 0.05) is 24.2 Å². The fraction of sp³-hybridized carbons (Fsp3) is 0.250. The number of anilines is 2. The van der Waals surface area contributed by atoms with E-state index >= 15 is 0 Å². The number of pyridine rings is 1. The van der Waals surface area contributed by atoms with E-state index in [-0.39, 0.29) is 18.2 Å². The summed E-state index contributed by atoms with van der Waals surface area (Å²) in [7, 11) is 0. The van der Waals surface area contributed by atoms with Gasteiger partial charge in [-0.05, 0) is 24.3 Å². The molecular formula is C16H18N4O5. The third-order valence-electron chi connectivity index (χ3n) is 3.15. The van der Waals surface area contributed by atoms with E-state index in [9.17, 15) is 14.9 Å². The SMILES string of the molecule is O=C(Nc1ccc(NCCOCCO)nc1)c1ccc([N+](=O)[O-])cc1. The van der Waals surface area contributed by atoms with Gasteiger partial charge in [0.2, 0.25) is 0 Å². The first-order valence-electron chi connectivity index (χ1n) is 7.54. The average molecular weight is 346 g/mol. The molecule has 3 N–H and O–H groups in total. The lowest BCUT2D eigenvalue weighted by Gasteiger charge is -2.08. The van der Waals surface area contributed by atoms with Crippen LogP contribution in [0.5, 0.6) is 0 Å². The lowest BCUT2D eigenvalue weighted by molar-refractivity contribution is -0.384. The quantitative estimate of drug-likeness (QED) is 0.358. The molecule has 0 saturated carbocycles. The number of carbonyl (C=O) groups is 1. The van der Waals surface area contributed by atoms with Gasteiger partial charge in [-0.1, -0.05) is 0 Å². The van der Waals surface area contributed by atoms with Crippen molar-refractivity contribution >= 4 is 23.1 Å². The van der Waals surface area contributed by atoms with Crippen LogP contribution < -0.4 is 10.6 Å². The summed E-state index contributed by atoms with van der Waals surface area (Å²) in [5.41, 5.74) is 0.746. The fourth-order valence-electron chi connectivity index (χ4n) is 1.93. The predicted octanol–water partition coefficient (Wildman–Crippen LogP) is 1.66. The van der Waals surface area contributed by atoms with Crippen LogP contribution in [0.2, 0.25) is 0 Å². The van der Waals surface area contributed by atoms with Crippen molar-refractivity contribution in [3.63, 3.8) is 0 Å². The van der Waals surface area contributed by atoms with Gasteiger partial charge in [-0.3, -0.25) is 14.9 Å². The van der Waals surface area contributed by atoms with Gasteiger partial charge in [0.25, 0.3) is 11.6 Å². The number of nitrogens with zero attached hydrogens (tertiary/aromatic N) is 2. The Bertz CT molecular complexity index is 703. The molecule has 9 heteroatoms. The highest BCUT2D eigenvalue weighted by Gasteiger charge is 2.09. The summed E-state index contributed by atoms with van der Waals surface area (Å²) < 4.78 is 5.11. The Balaban J connectivity index is 1.85. The summed E-state index contributed by atoms with van der Waals surface area (Å²) in [6.45, 7) is 1.27. The second-order valence-corrected chi connectivity index (χ2v) is 4.95. The number of nitrogens with one attached hydrogen (secondary N) is 2. The lowest BCUT2D eigenvalue weighted by atomic mass is 10.2. The summed E-state index contributed by atoms with van der Waals surface area (Å²) in [5, 5.41) is 24.9. The van der Waals surface area contributed by atoms with Crippen molar-refractivity contribution in [3.8, 4) is 0 Å². The number of aromatic nitrogens is 1. The van der Waals surface area contributed by atoms with Crippen molar-refractivity contribution in [3.05, 3.63) is 58.3 Å². The molecule has 0 saturated heterocycles. The zero-order chi connectivity index (χ0) is 18.1. The smallest absolute Gasteiger partial charge is 0.269 e. The largest absolute Gasteiger partial charge is 0.394 e. The van der Waals surface area contributed by atoms with Crippen molar-refractivity contribution in [1.29, 1.82) is 0 Å². The molecule has 1 aromatic carbocycles. The van der Waals surface area contributed by atoms with Crippen LogP contribution in [0.1, 0.15) is 10.4 Å². The number of aliphatic hydroxyl groups is 1. The molecule has 132 valence electrons. The van der Waals surface area contributed by atoms with Crippen molar-refractivity contribution in [2.24, 2.45) is 0 Å². The normalized spacial score (nSPS) is 10.3. The Hall–Kier alpha value is -3.04. The zero-order valence-electron chi connectivity index (χ0n) is 13.3. The van der Waals surface area contributed by atoms with E-state index in [1.165, 1.54) is 30.5 Å². The van der Waals surface area contributed by atoms with E-state index in [4.69, 9.17) is 9.84 Å². The minimum atomic E-state index is -0.522. The number of amides is 1. The van der Waals surface area contributed by atoms with Gasteiger partial charge in [0.15, 0.2) is 0 Å². The lowest BCUT2D eigenvalue weighted by Crippen LogP contribution is -2.13. The maximum Gasteiger partial charge on any atom is 0.269 e. The van der Waals surface area contributed by atoms with Gasteiger partial charge >= 0.3 is 0 Å². The molecule has 1 aromatic heterocycles. The van der Waals surface area contributed by atoms with Crippen molar-refractivity contribution in [1.82, 2.24) is 4.98 Å². The Morgan fingerprint density at radius 2 is 1.96 bits per heavy atom. The molecule has 0 aliphatic heterocycles. The van der Waals surface area contributed by atoms with E-state index in [0.717, 1.165) is 0 Å². The van der Waals surface area contributed by atoms with E-state index in [2.05, 4.69) is 15.6 Å². The predicted molar refractivity (Wildman–Crippen MR) is 91.7 cm³/mol. The van der Waals surface area contributed by atoms with Crippen LogP contribution in [0.3, 0.4) is 0 Å². The zero-order valence-corrected chi connectivity index (χ0v) is 13.3. The number of rotatable bonds is 9. The number of benzene rings is 1. The van der Waals surface area contributed by atoms with Crippen LogP contribution in [0.4, 0.5) is 17.2 Å². The second-order valence-electron chi connectivity index (χ2n) is 4.95. The molecule has 0 atom stereocenters. The number of aliphatic hydroxyl groups excluding tert-OH is 1. The fourth-order valence-corrected chi connectivity index (χ4v) is 1.93. The Morgan fingerprint density at radius 1 is 1.20 bits per heavy atom. The van der Waals surface area contributed by atoms with Gasteiger partial charge in [0.05, 0.1) is 36.6 Å². The highest BCUT2D eigenvalue weighted by atomic mass is 16.6. The van der Waals surface area contributed by atoms with Crippen LogP contribution in [0.25, 0.3) is 0 Å². The molecule has 0 bridgehead atoms. The Kier molecular flexibility index (Phi) is 6.81.